The van der Waals surface area contributed by atoms with E-state index in [1.807, 2.05) is 47.1 Å². The molecule has 2 aromatic heterocycles. The molecule has 100 valence electrons. The average molecular weight is 305 g/mol. The van der Waals surface area contributed by atoms with Crippen LogP contribution in [0.4, 0.5) is 0 Å². The van der Waals surface area contributed by atoms with Gasteiger partial charge in [0.05, 0.1) is 6.33 Å². The minimum Gasteiger partial charge on any atom is -0.311 e. The lowest BCUT2D eigenvalue weighted by molar-refractivity contribution is 0.839. The van der Waals surface area contributed by atoms with E-state index in [2.05, 4.69) is 15.0 Å². The minimum atomic E-state index is 0.122. The number of hydrogen-bond donors (Lipinski definition) is 0. The molecule has 0 aliphatic carbocycles. The maximum atomic E-state index is 5.98. The number of nitrogens with zero attached hydrogens (tertiary/aromatic N) is 4. The van der Waals surface area contributed by atoms with Crippen LogP contribution in [0.3, 0.4) is 0 Å². The first-order chi connectivity index (χ1) is 9.74. The molecule has 0 unspecified atom stereocenters. The summed E-state index contributed by atoms with van der Waals surface area (Å²) < 4.78 is 1.87. The van der Waals surface area contributed by atoms with Gasteiger partial charge in [-0.05, 0) is 17.2 Å². The normalized spacial score (nSPS) is 11.5. The van der Waals surface area contributed by atoms with E-state index in [0.29, 0.717) is 17.7 Å². The van der Waals surface area contributed by atoms with E-state index >= 15 is 0 Å². The molecule has 20 heavy (non-hydrogen) atoms. The van der Waals surface area contributed by atoms with Crippen molar-refractivity contribution in [2.75, 3.05) is 0 Å². The summed E-state index contributed by atoms with van der Waals surface area (Å²) in [7, 11) is 0. The summed E-state index contributed by atoms with van der Waals surface area (Å²) in [4.78, 5) is 12.2. The van der Waals surface area contributed by atoms with Crippen molar-refractivity contribution >= 4 is 40.4 Å². The molecule has 2 heterocycles. The second-order valence-electron chi connectivity index (χ2n) is 4.17. The van der Waals surface area contributed by atoms with Crippen LogP contribution >= 0.6 is 23.2 Å². The molecule has 6 heteroatoms. The Balaban J connectivity index is 1.87. The van der Waals surface area contributed by atoms with Crippen molar-refractivity contribution in [3.63, 3.8) is 0 Å². The van der Waals surface area contributed by atoms with Gasteiger partial charge in [0.25, 0.3) is 0 Å². The molecular weight excluding hydrogens is 295 g/mol. The highest BCUT2D eigenvalue weighted by Crippen LogP contribution is 2.20. The molecule has 0 aliphatic rings. The average Bonchev–Trinajstić information content (AvgIpc) is 2.83. The maximum Gasteiger partial charge on any atom is 0.225 e. The molecule has 0 fully saturated rings. The zero-order valence-electron chi connectivity index (χ0n) is 10.4. The number of aromatic nitrogens is 4. The van der Waals surface area contributed by atoms with E-state index < -0.39 is 0 Å². The molecule has 0 N–H and O–H groups in total. The third-order valence-electron chi connectivity index (χ3n) is 2.81. The van der Waals surface area contributed by atoms with Gasteiger partial charge in [0.2, 0.25) is 5.28 Å². The monoisotopic (exact) mass is 304 g/mol. The van der Waals surface area contributed by atoms with Crippen LogP contribution in [0.15, 0.2) is 42.7 Å². The van der Waals surface area contributed by atoms with Gasteiger partial charge in [0, 0.05) is 6.54 Å². The van der Waals surface area contributed by atoms with E-state index in [1.165, 1.54) is 0 Å². The fourth-order valence-corrected chi connectivity index (χ4v) is 2.31. The lowest BCUT2D eigenvalue weighted by Crippen LogP contribution is -1.96. The highest BCUT2D eigenvalue weighted by atomic mass is 35.5. The summed E-state index contributed by atoms with van der Waals surface area (Å²) in [5.41, 5.74) is 2.33. The van der Waals surface area contributed by atoms with Crippen molar-refractivity contribution in [1.29, 1.82) is 0 Å². The second kappa shape index (κ2) is 5.61. The molecule has 0 bridgehead atoms. The summed E-state index contributed by atoms with van der Waals surface area (Å²) in [6.45, 7) is 0.634. The van der Waals surface area contributed by atoms with Crippen LogP contribution in [0.5, 0.6) is 0 Å². The molecule has 0 spiro atoms. The third kappa shape index (κ3) is 2.66. The number of rotatable bonds is 3. The van der Waals surface area contributed by atoms with Gasteiger partial charge in [-0.2, -0.15) is 4.98 Å². The van der Waals surface area contributed by atoms with Gasteiger partial charge in [-0.3, -0.25) is 0 Å². The van der Waals surface area contributed by atoms with E-state index in [4.69, 9.17) is 23.2 Å². The quantitative estimate of drug-likeness (QED) is 0.545. The Bertz CT molecular complexity index is 765. The highest BCUT2D eigenvalue weighted by Gasteiger charge is 2.09. The van der Waals surface area contributed by atoms with Crippen molar-refractivity contribution in [2.45, 2.75) is 6.54 Å². The van der Waals surface area contributed by atoms with Crippen molar-refractivity contribution in [1.82, 2.24) is 19.5 Å². The largest absolute Gasteiger partial charge is 0.311 e. The number of hydrogen-bond acceptors (Lipinski definition) is 3. The predicted octanol–water partition coefficient (Wildman–Crippen LogP) is 3.85. The van der Waals surface area contributed by atoms with Crippen LogP contribution in [0.25, 0.3) is 17.2 Å². The predicted molar refractivity (Wildman–Crippen MR) is 80.8 cm³/mol. The van der Waals surface area contributed by atoms with Crippen molar-refractivity contribution in [3.8, 4) is 0 Å². The van der Waals surface area contributed by atoms with Gasteiger partial charge in [-0.15, -0.1) is 0 Å². The summed E-state index contributed by atoms with van der Waals surface area (Å²) in [5.74, 6) is 0. The molecule has 4 nitrogen and oxygen atoms in total. The number of imidazole rings is 1. The first kappa shape index (κ1) is 13.1. The van der Waals surface area contributed by atoms with E-state index in [9.17, 15) is 0 Å². The standard InChI is InChI=1S/C14H10Cl2N4/c15-12-11-13(19-14(16)18-12)20(9-17-11)8-4-7-10-5-2-1-3-6-10/h1-7,9H,8H2/b7-4+. The Morgan fingerprint density at radius 3 is 2.70 bits per heavy atom. The van der Waals surface area contributed by atoms with E-state index in [1.54, 1.807) is 6.33 Å². The van der Waals surface area contributed by atoms with Crippen LogP contribution in [0.2, 0.25) is 10.4 Å². The van der Waals surface area contributed by atoms with Crippen LogP contribution in [0.1, 0.15) is 5.56 Å². The van der Waals surface area contributed by atoms with Crippen LogP contribution in [0, 0.1) is 0 Å². The number of halogens is 2. The first-order valence-electron chi connectivity index (χ1n) is 5.99. The van der Waals surface area contributed by atoms with Gasteiger partial charge in [0.1, 0.15) is 5.52 Å². The minimum absolute atomic E-state index is 0.122. The van der Waals surface area contributed by atoms with Gasteiger partial charge >= 0.3 is 0 Å². The molecule has 3 rings (SSSR count). The Morgan fingerprint density at radius 1 is 1.10 bits per heavy atom. The van der Waals surface area contributed by atoms with Crippen molar-refractivity contribution in [2.24, 2.45) is 0 Å². The number of benzene rings is 1. The molecule has 0 atom stereocenters. The molecular formula is C14H10Cl2N4. The molecule has 3 aromatic rings. The summed E-state index contributed by atoms with van der Waals surface area (Å²) in [5, 5.41) is 0.391. The zero-order valence-corrected chi connectivity index (χ0v) is 11.9. The van der Waals surface area contributed by atoms with Crippen LogP contribution in [-0.4, -0.2) is 19.5 Å². The zero-order chi connectivity index (χ0) is 13.9. The molecule has 0 radical (unpaired) electrons. The second-order valence-corrected chi connectivity index (χ2v) is 4.86. The van der Waals surface area contributed by atoms with Gasteiger partial charge in [-0.1, -0.05) is 54.1 Å². The topological polar surface area (TPSA) is 43.6 Å². The van der Waals surface area contributed by atoms with Gasteiger partial charge < -0.3 is 4.57 Å². The summed E-state index contributed by atoms with van der Waals surface area (Å²) >= 11 is 11.8. The Morgan fingerprint density at radius 2 is 1.90 bits per heavy atom. The molecule has 0 saturated carbocycles. The van der Waals surface area contributed by atoms with Crippen LogP contribution in [-0.2, 0) is 6.54 Å². The summed E-state index contributed by atoms with van der Waals surface area (Å²) in [6.07, 6.45) is 5.74. The third-order valence-corrected chi connectivity index (χ3v) is 3.24. The van der Waals surface area contributed by atoms with E-state index in [0.717, 1.165) is 5.56 Å². The highest BCUT2D eigenvalue weighted by molar-refractivity contribution is 6.35. The van der Waals surface area contributed by atoms with Gasteiger partial charge in [0.15, 0.2) is 10.8 Å². The SMILES string of the molecule is Clc1nc(Cl)c2ncn(C/C=C/c3ccccc3)c2n1. The molecule has 1 aromatic carbocycles. The van der Waals surface area contributed by atoms with Crippen LogP contribution < -0.4 is 0 Å². The summed E-state index contributed by atoms with van der Waals surface area (Å²) in [6, 6.07) is 10.1. The molecule has 0 amide bonds. The fourth-order valence-electron chi connectivity index (χ4n) is 1.89. The maximum absolute atomic E-state index is 5.98. The van der Waals surface area contributed by atoms with Crippen molar-refractivity contribution in [3.05, 3.63) is 58.7 Å². The number of fused-ring (bicyclic) bond motifs is 1. The molecule has 0 saturated heterocycles. The number of allylic oxidation sites excluding steroid dienone is 1. The smallest absolute Gasteiger partial charge is 0.225 e. The van der Waals surface area contributed by atoms with E-state index in [-0.39, 0.29) is 10.4 Å². The fraction of sp³-hybridized carbons (Fsp3) is 0.0714. The Labute approximate surface area is 125 Å². The lowest BCUT2D eigenvalue weighted by atomic mass is 10.2. The first-order valence-corrected chi connectivity index (χ1v) is 6.75. The Kier molecular flexibility index (Phi) is 3.67. The molecule has 0 aliphatic heterocycles. The van der Waals surface area contributed by atoms with Crippen molar-refractivity contribution < 1.29 is 0 Å². The Hall–Kier alpha value is -1.91. The van der Waals surface area contributed by atoms with Gasteiger partial charge in [-0.25, -0.2) is 9.97 Å². The lowest BCUT2D eigenvalue weighted by Gasteiger charge is -2.00.